The molecule has 4 nitrogen and oxygen atoms in total. The summed E-state index contributed by atoms with van der Waals surface area (Å²) in [6.45, 7) is 0. The van der Waals surface area contributed by atoms with Crippen LogP contribution >= 0.6 is 0 Å². The molecule has 0 aromatic heterocycles. The van der Waals surface area contributed by atoms with Crippen LogP contribution in [0.25, 0.3) is 0 Å². The zero-order valence-corrected chi connectivity index (χ0v) is 6.36. The molecular weight excluding hydrogens is 158 g/mol. The zero-order valence-electron chi connectivity index (χ0n) is 6.36. The number of carboxylic acids is 1. The fraction of sp³-hybridized carbons (Fsp3) is 0.250. The van der Waals surface area contributed by atoms with Crippen LogP contribution in [0.4, 0.5) is 0 Å². The lowest BCUT2D eigenvalue weighted by molar-refractivity contribution is -0.139. The third kappa shape index (κ3) is 1.72. The third-order valence-corrected chi connectivity index (χ3v) is 1.61. The largest absolute Gasteiger partial charge is 0.481 e. The Balaban J connectivity index is 2.76. The predicted molar refractivity (Wildman–Crippen MR) is 42.5 cm³/mol. The lowest BCUT2D eigenvalue weighted by Gasteiger charge is -2.24. The van der Waals surface area contributed by atoms with Gasteiger partial charge in [-0.1, -0.05) is 12.2 Å². The van der Waals surface area contributed by atoms with Crippen molar-refractivity contribution in [3.63, 3.8) is 0 Å². The summed E-state index contributed by atoms with van der Waals surface area (Å²) in [4.78, 5) is 21.0. The van der Waals surface area contributed by atoms with Crippen molar-refractivity contribution in [1.29, 1.82) is 0 Å². The van der Waals surface area contributed by atoms with Gasteiger partial charge in [0.2, 0.25) is 0 Å². The van der Waals surface area contributed by atoms with E-state index in [9.17, 15) is 9.59 Å². The van der Waals surface area contributed by atoms with E-state index in [1.54, 1.807) is 18.4 Å². The van der Waals surface area contributed by atoms with E-state index in [2.05, 4.69) is 5.32 Å². The number of carbonyl (C=O) groups is 2. The second-order valence-corrected chi connectivity index (χ2v) is 2.59. The molecule has 0 saturated carbocycles. The number of carboxylic acid groups (broad SMARTS) is 1. The SMILES string of the molecule is O=CC1(CC(=O)O)C=CC=CN1. The summed E-state index contributed by atoms with van der Waals surface area (Å²) in [7, 11) is 0. The van der Waals surface area contributed by atoms with Crippen LogP contribution in [0.3, 0.4) is 0 Å². The summed E-state index contributed by atoms with van der Waals surface area (Å²) in [5.41, 5.74) is -1.05. The zero-order chi connectivity index (χ0) is 9.03. The minimum absolute atomic E-state index is 0.239. The third-order valence-electron chi connectivity index (χ3n) is 1.61. The van der Waals surface area contributed by atoms with Gasteiger partial charge in [-0.25, -0.2) is 0 Å². The fourth-order valence-corrected chi connectivity index (χ4v) is 1.01. The molecule has 0 aliphatic carbocycles. The summed E-state index contributed by atoms with van der Waals surface area (Å²) in [5.74, 6) is -1.01. The van der Waals surface area contributed by atoms with Gasteiger partial charge >= 0.3 is 5.97 Å². The smallest absolute Gasteiger partial charge is 0.306 e. The number of allylic oxidation sites excluding steroid dienone is 2. The lowest BCUT2D eigenvalue weighted by atomic mass is 9.95. The number of hydrogen-bond donors (Lipinski definition) is 2. The maximum atomic E-state index is 10.6. The van der Waals surface area contributed by atoms with Crippen molar-refractivity contribution >= 4 is 12.3 Å². The minimum Gasteiger partial charge on any atom is -0.481 e. The predicted octanol–water partition coefficient (Wildman–Crippen LogP) is 0.0719. The molecule has 1 aliphatic rings. The van der Waals surface area contributed by atoms with E-state index in [0.717, 1.165) is 0 Å². The quantitative estimate of drug-likeness (QED) is 0.584. The van der Waals surface area contributed by atoms with Gasteiger partial charge < -0.3 is 15.2 Å². The fourth-order valence-electron chi connectivity index (χ4n) is 1.01. The van der Waals surface area contributed by atoms with Gasteiger partial charge in [-0.3, -0.25) is 4.79 Å². The van der Waals surface area contributed by atoms with E-state index >= 15 is 0 Å². The van der Waals surface area contributed by atoms with Gasteiger partial charge in [-0.05, 0) is 12.3 Å². The van der Waals surface area contributed by atoms with Crippen LogP contribution in [0.5, 0.6) is 0 Å². The number of rotatable bonds is 3. The molecule has 0 spiro atoms. The first-order chi connectivity index (χ1) is 5.68. The maximum absolute atomic E-state index is 10.6. The van der Waals surface area contributed by atoms with Gasteiger partial charge in [0.1, 0.15) is 11.8 Å². The number of carbonyl (C=O) groups excluding carboxylic acids is 1. The van der Waals surface area contributed by atoms with Crippen LogP contribution in [0.1, 0.15) is 6.42 Å². The molecule has 0 amide bonds. The Morgan fingerprint density at radius 1 is 1.58 bits per heavy atom. The van der Waals surface area contributed by atoms with Crippen molar-refractivity contribution < 1.29 is 14.7 Å². The summed E-state index contributed by atoms with van der Waals surface area (Å²) < 4.78 is 0. The molecule has 1 heterocycles. The van der Waals surface area contributed by atoms with E-state index in [1.807, 2.05) is 0 Å². The van der Waals surface area contributed by atoms with Crippen LogP contribution in [0, 0.1) is 0 Å². The van der Waals surface area contributed by atoms with Crippen LogP contribution in [-0.4, -0.2) is 22.9 Å². The number of hydrogen-bond acceptors (Lipinski definition) is 3. The first-order valence-electron chi connectivity index (χ1n) is 3.49. The highest BCUT2D eigenvalue weighted by molar-refractivity contribution is 5.80. The molecule has 2 N–H and O–H groups in total. The Labute approximate surface area is 69.6 Å². The second-order valence-electron chi connectivity index (χ2n) is 2.59. The van der Waals surface area contributed by atoms with Crippen molar-refractivity contribution in [2.45, 2.75) is 12.0 Å². The molecule has 0 aromatic carbocycles. The molecule has 1 unspecified atom stereocenters. The Morgan fingerprint density at radius 3 is 2.75 bits per heavy atom. The molecule has 4 heteroatoms. The monoisotopic (exact) mass is 167 g/mol. The standard InChI is InChI=1S/C8H9NO3/c10-6-8(5-7(11)12)3-1-2-4-9-8/h1-4,6,9H,5H2,(H,11,12). The van der Waals surface area contributed by atoms with Gasteiger partial charge in [0.15, 0.2) is 0 Å². The van der Waals surface area contributed by atoms with Crippen molar-refractivity contribution in [3.05, 3.63) is 24.4 Å². The van der Waals surface area contributed by atoms with Crippen LogP contribution in [0.2, 0.25) is 0 Å². The molecule has 0 radical (unpaired) electrons. The van der Waals surface area contributed by atoms with Gasteiger partial charge in [0, 0.05) is 0 Å². The number of aldehydes is 1. The Kier molecular flexibility index (Phi) is 2.28. The van der Waals surface area contributed by atoms with Crippen LogP contribution in [0.15, 0.2) is 24.4 Å². The van der Waals surface area contributed by atoms with Crippen molar-refractivity contribution in [3.8, 4) is 0 Å². The van der Waals surface area contributed by atoms with E-state index in [0.29, 0.717) is 6.29 Å². The molecular formula is C8H9NO3. The van der Waals surface area contributed by atoms with E-state index in [1.165, 1.54) is 6.08 Å². The number of aliphatic carboxylic acids is 1. The normalized spacial score (nSPS) is 26.3. The highest BCUT2D eigenvalue weighted by Crippen LogP contribution is 2.12. The first kappa shape index (κ1) is 8.52. The van der Waals surface area contributed by atoms with Gasteiger partial charge in [-0.2, -0.15) is 0 Å². The Hall–Kier alpha value is -1.58. The first-order valence-corrected chi connectivity index (χ1v) is 3.49. The van der Waals surface area contributed by atoms with E-state index < -0.39 is 11.5 Å². The van der Waals surface area contributed by atoms with Crippen LogP contribution in [-0.2, 0) is 9.59 Å². The maximum Gasteiger partial charge on any atom is 0.306 e. The molecule has 1 rings (SSSR count). The molecule has 0 bridgehead atoms. The second kappa shape index (κ2) is 3.21. The molecule has 64 valence electrons. The average molecular weight is 167 g/mol. The summed E-state index contributed by atoms with van der Waals surface area (Å²) in [6.07, 6.45) is 6.79. The molecule has 0 saturated heterocycles. The molecule has 0 fully saturated rings. The molecule has 1 aliphatic heterocycles. The van der Waals surface area contributed by atoms with E-state index in [-0.39, 0.29) is 6.42 Å². The van der Waals surface area contributed by atoms with Gasteiger partial charge in [-0.15, -0.1) is 0 Å². The highest BCUT2D eigenvalue weighted by atomic mass is 16.4. The highest BCUT2D eigenvalue weighted by Gasteiger charge is 2.29. The Morgan fingerprint density at radius 2 is 2.33 bits per heavy atom. The molecule has 0 aromatic rings. The van der Waals surface area contributed by atoms with Gasteiger partial charge in [0.05, 0.1) is 6.42 Å². The molecule has 12 heavy (non-hydrogen) atoms. The average Bonchev–Trinajstić information content (AvgIpc) is 2.05. The lowest BCUT2D eigenvalue weighted by Crippen LogP contribution is -2.44. The van der Waals surface area contributed by atoms with Gasteiger partial charge in [0.25, 0.3) is 0 Å². The topological polar surface area (TPSA) is 66.4 Å². The molecule has 1 atom stereocenters. The van der Waals surface area contributed by atoms with E-state index in [4.69, 9.17) is 5.11 Å². The number of nitrogens with one attached hydrogen (secondary N) is 1. The minimum atomic E-state index is -1.05. The van der Waals surface area contributed by atoms with Crippen molar-refractivity contribution in [2.24, 2.45) is 0 Å². The van der Waals surface area contributed by atoms with Crippen molar-refractivity contribution in [2.75, 3.05) is 0 Å². The summed E-state index contributed by atoms with van der Waals surface area (Å²) in [6, 6.07) is 0. The number of dihydropyridines is 1. The Bertz CT molecular complexity index is 257. The summed E-state index contributed by atoms with van der Waals surface area (Å²) in [5, 5.41) is 11.2. The van der Waals surface area contributed by atoms with Crippen LogP contribution < -0.4 is 5.32 Å². The van der Waals surface area contributed by atoms with Crippen molar-refractivity contribution in [1.82, 2.24) is 5.32 Å². The summed E-state index contributed by atoms with van der Waals surface area (Å²) >= 11 is 0.